The Morgan fingerprint density at radius 2 is 1.68 bits per heavy atom. The molecule has 0 aliphatic carbocycles. The molecule has 126 valence electrons. The predicted molar refractivity (Wildman–Crippen MR) is 103 cm³/mol. The maximum Gasteiger partial charge on any atom is 0.294 e. The highest BCUT2D eigenvalue weighted by Crippen LogP contribution is 2.55. The Kier molecular flexibility index (Phi) is 6.20. The van der Waals surface area contributed by atoms with Crippen LogP contribution in [0.15, 0.2) is 12.1 Å². The fourth-order valence-corrected chi connectivity index (χ4v) is 3.08. The number of hydrogen-bond donors (Lipinski definition) is 2. The second-order valence-electron chi connectivity index (χ2n) is 7.46. The smallest absolute Gasteiger partial charge is 0.294 e. The summed E-state index contributed by atoms with van der Waals surface area (Å²) in [5, 5.41) is 0. The van der Waals surface area contributed by atoms with Crippen molar-refractivity contribution in [3.05, 3.63) is 28.8 Å². The molecule has 1 rings (SSSR count). The van der Waals surface area contributed by atoms with Gasteiger partial charge in [0.15, 0.2) is 0 Å². The van der Waals surface area contributed by atoms with Crippen molar-refractivity contribution in [2.24, 2.45) is 5.73 Å². The van der Waals surface area contributed by atoms with Crippen LogP contribution >= 0.6 is 17.9 Å². The second kappa shape index (κ2) is 6.82. The Hall–Kier alpha value is -0.0600. The first-order valence-electron chi connectivity index (χ1n) is 7.28. The van der Waals surface area contributed by atoms with Gasteiger partial charge in [-0.05, 0) is 28.2 Å². The summed E-state index contributed by atoms with van der Waals surface area (Å²) in [6, 6.07) is 4.29. The van der Waals surface area contributed by atoms with E-state index in [1.54, 1.807) is 0 Å². The van der Waals surface area contributed by atoms with Crippen molar-refractivity contribution in [3.63, 3.8) is 0 Å². The van der Waals surface area contributed by atoms with E-state index in [1.807, 2.05) is 0 Å². The third kappa shape index (κ3) is 4.97. The van der Waals surface area contributed by atoms with Gasteiger partial charge < -0.3 is 14.8 Å². The van der Waals surface area contributed by atoms with E-state index in [0.29, 0.717) is 6.54 Å². The highest BCUT2D eigenvalue weighted by atomic mass is 32.9. The molecule has 1 aromatic carbocycles. The minimum absolute atomic E-state index is 0.0326. The number of benzene rings is 1. The van der Waals surface area contributed by atoms with Crippen LogP contribution in [0, 0.1) is 0 Å². The third-order valence-corrected chi connectivity index (χ3v) is 5.78. The van der Waals surface area contributed by atoms with Crippen LogP contribution in [0.2, 0.25) is 0 Å². The summed E-state index contributed by atoms with van der Waals surface area (Å²) in [7, 11) is 1.52. The molecule has 2 N–H and O–H groups in total. The lowest BCUT2D eigenvalue weighted by Gasteiger charge is -2.30. The van der Waals surface area contributed by atoms with Crippen LogP contribution in [0.4, 0.5) is 0 Å². The lowest BCUT2D eigenvalue weighted by molar-refractivity contribution is 0.402. The topological polar surface area (TPSA) is 44.5 Å². The molecule has 0 heterocycles. The van der Waals surface area contributed by atoms with Crippen molar-refractivity contribution in [1.82, 2.24) is 0 Å². The maximum absolute atomic E-state index is 5.99. The minimum atomic E-state index is -2.62. The van der Waals surface area contributed by atoms with Crippen molar-refractivity contribution in [3.8, 4) is 5.75 Å². The lowest BCUT2D eigenvalue weighted by Crippen LogP contribution is -2.19. The van der Waals surface area contributed by atoms with Crippen LogP contribution < -0.4 is 10.3 Å². The first kappa shape index (κ1) is 20.0. The molecule has 6 heteroatoms. The first-order valence-corrected chi connectivity index (χ1v) is 11.1. The molecule has 0 spiro atoms. The van der Waals surface area contributed by atoms with Gasteiger partial charge >= 0.3 is 0 Å². The van der Waals surface area contributed by atoms with Gasteiger partial charge in [0.05, 0.1) is 0 Å². The van der Waals surface area contributed by atoms with Crippen LogP contribution in [-0.4, -0.2) is 7.11 Å². The van der Waals surface area contributed by atoms with E-state index in [9.17, 15) is 0 Å². The Morgan fingerprint density at radius 1 is 1.14 bits per heavy atom. The molecule has 22 heavy (non-hydrogen) atoms. The maximum atomic E-state index is 5.99. The molecular weight excluding hydrogens is 333 g/mol. The van der Waals surface area contributed by atoms with Gasteiger partial charge in [0.2, 0.25) is 0 Å². The average molecular weight is 362 g/mol. The van der Waals surface area contributed by atoms with Crippen molar-refractivity contribution in [2.75, 3.05) is 7.11 Å². The number of thiol groups is 1. The molecule has 3 nitrogen and oxygen atoms in total. The average Bonchev–Trinajstić information content (AvgIpc) is 2.35. The zero-order valence-corrected chi connectivity index (χ0v) is 17.2. The van der Waals surface area contributed by atoms with Crippen molar-refractivity contribution >= 4 is 29.7 Å². The van der Waals surface area contributed by atoms with Crippen molar-refractivity contribution in [2.45, 2.75) is 58.9 Å². The summed E-state index contributed by atoms with van der Waals surface area (Å²) in [4.78, 5) is 0. The molecule has 1 atom stereocenters. The molecule has 1 unspecified atom stereocenters. The van der Waals surface area contributed by atoms with Gasteiger partial charge in [0.25, 0.3) is 5.69 Å². The molecule has 0 aromatic heterocycles. The summed E-state index contributed by atoms with van der Waals surface area (Å²) >= 11 is 9.66. The molecule has 0 bridgehead atoms. The molecule has 0 fully saturated rings. The van der Waals surface area contributed by atoms with E-state index < -0.39 is 5.69 Å². The fourth-order valence-electron chi connectivity index (χ4n) is 2.09. The monoisotopic (exact) mass is 361 g/mol. The van der Waals surface area contributed by atoms with Crippen LogP contribution in [0.5, 0.6) is 5.75 Å². The fraction of sp³-hybridized carbons (Fsp3) is 0.625. The Labute approximate surface area is 145 Å². The molecule has 0 aliphatic rings. The van der Waals surface area contributed by atoms with E-state index in [1.165, 1.54) is 12.7 Å². The Bertz CT molecular complexity index is 589. The van der Waals surface area contributed by atoms with Gasteiger partial charge in [-0.15, -0.1) is 0 Å². The SMILES string of the molecule is COP(=S)(S)Oc1c(CN)cc(C(C)(C)C)cc1C(C)(C)C. The van der Waals surface area contributed by atoms with Gasteiger partial charge in [-0.1, -0.05) is 65.9 Å². The van der Waals surface area contributed by atoms with Gasteiger partial charge in [-0.2, -0.15) is 0 Å². The highest BCUT2D eigenvalue weighted by molar-refractivity contribution is 8.60. The van der Waals surface area contributed by atoms with E-state index in [2.05, 4.69) is 65.9 Å². The van der Waals surface area contributed by atoms with Gasteiger partial charge in [-0.3, -0.25) is 0 Å². The van der Waals surface area contributed by atoms with E-state index in [-0.39, 0.29) is 10.8 Å². The van der Waals surface area contributed by atoms with Gasteiger partial charge in [0, 0.05) is 24.8 Å². The molecule has 0 amide bonds. The zero-order valence-electron chi connectivity index (χ0n) is 14.6. The summed E-state index contributed by atoms with van der Waals surface area (Å²) in [6.07, 6.45) is 0. The van der Waals surface area contributed by atoms with Gasteiger partial charge in [-0.25, -0.2) is 0 Å². The zero-order chi connectivity index (χ0) is 17.3. The Morgan fingerprint density at radius 3 is 2.05 bits per heavy atom. The quantitative estimate of drug-likeness (QED) is 0.590. The largest absolute Gasteiger partial charge is 0.436 e. The summed E-state index contributed by atoms with van der Waals surface area (Å²) in [5.74, 6) is 0.725. The summed E-state index contributed by atoms with van der Waals surface area (Å²) < 4.78 is 11.2. The van der Waals surface area contributed by atoms with Crippen LogP contribution in [0.3, 0.4) is 0 Å². The van der Waals surface area contributed by atoms with Gasteiger partial charge in [0.1, 0.15) is 5.75 Å². The summed E-state index contributed by atoms with van der Waals surface area (Å²) in [6.45, 7) is 13.4. The van der Waals surface area contributed by atoms with E-state index in [0.717, 1.165) is 16.9 Å². The van der Waals surface area contributed by atoms with Crippen LogP contribution in [0.1, 0.15) is 58.2 Å². The molecular formula is C16H28NO2PS2. The number of nitrogens with two attached hydrogens (primary N) is 1. The summed E-state index contributed by atoms with van der Waals surface area (Å²) in [5.41, 5.74) is 6.54. The normalized spacial score (nSPS) is 15.5. The first-order chi connectivity index (χ1) is 9.81. The minimum Gasteiger partial charge on any atom is -0.436 e. The molecule has 0 radical (unpaired) electrons. The van der Waals surface area contributed by atoms with Crippen LogP contribution in [0.25, 0.3) is 0 Å². The standard InChI is InChI=1S/C16H28NO2PS2/c1-15(2,3)12-8-11(10-17)14(19-20(21,22)18-7)13(9-12)16(4,5)6/h8-9H,10,17H2,1-7H3,(H,21,22). The second-order valence-corrected chi connectivity index (χ2v) is 12.8. The molecule has 0 saturated heterocycles. The number of hydrogen-bond acceptors (Lipinski definition) is 4. The molecule has 0 saturated carbocycles. The van der Waals surface area contributed by atoms with Crippen LogP contribution in [-0.2, 0) is 33.7 Å². The molecule has 0 aliphatic heterocycles. The predicted octanol–water partition coefficient (Wildman–Crippen LogP) is 4.92. The van der Waals surface area contributed by atoms with Crippen molar-refractivity contribution < 1.29 is 9.05 Å². The highest BCUT2D eigenvalue weighted by Gasteiger charge is 2.28. The van der Waals surface area contributed by atoms with E-state index >= 15 is 0 Å². The lowest BCUT2D eigenvalue weighted by atomic mass is 9.79. The third-order valence-electron chi connectivity index (χ3n) is 3.50. The number of rotatable bonds is 4. The van der Waals surface area contributed by atoms with Crippen molar-refractivity contribution in [1.29, 1.82) is 0 Å². The Balaban J connectivity index is 3.63. The molecule has 1 aromatic rings. The van der Waals surface area contributed by atoms with E-state index in [4.69, 9.17) is 26.6 Å².